The largest absolute Gasteiger partial charge is 0.850 e. The summed E-state index contributed by atoms with van der Waals surface area (Å²) >= 11 is 0. The summed E-state index contributed by atoms with van der Waals surface area (Å²) in [6, 6.07) is 24.2. The molecule has 0 aromatic heterocycles. The maximum absolute atomic E-state index is 15.9. The molecule has 27 nitrogen and oxygen atoms in total. The average molecular weight is 1790 g/mol. The van der Waals surface area contributed by atoms with Crippen LogP contribution in [0.4, 0.5) is 0 Å². The first-order valence-corrected chi connectivity index (χ1v) is 48.4. The monoisotopic (exact) mass is 1790 g/mol. The van der Waals surface area contributed by atoms with E-state index in [1.165, 1.54) is 108 Å². The van der Waals surface area contributed by atoms with Crippen molar-refractivity contribution in [3.05, 3.63) is 139 Å². The highest BCUT2D eigenvalue weighted by molar-refractivity contribution is 7.95. The van der Waals surface area contributed by atoms with Crippen molar-refractivity contribution in [2.75, 3.05) is 68.6 Å². The number of hydrogen-bond acceptors (Lipinski definition) is 14. The minimum Gasteiger partial charge on any atom is -0.850 e. The topological polar surface area (TPSA) is 340 Å². The van der Waals surface area contributed by atoms with Gasteiger partial charge < -0.3 is 71.3 Å². The molecule has 4 aromatic rings. The molecule has 0 aliphatic carbocycles. The van der Waals surface area contributed by atoms with Crippen LogP contribution < -0.4 is 52.9 Å². The molecule has 28 heteroatoms. The molecule has 5 rings (SSSR count). The maximum atomic E-state index is 15.9. The van der Waals surface area contributed by atoms with Crippen molar-refractivity contribution in [2.45, 2.75) is 287 Å². The summed E-state index contributed by atoms with van der Waals surface area (Å²) in [5.74, 6) is -11.3. The van der Waals surface area contributed by atoms with Gasteiger partial charge in [-0.25, -0.2) is 0 Å². The summed E-state index contributed by atoms with van der Waals surface area (Å²) in [5, 5.41) is 36.5. The summed E-state index contributed by atoms with van der Waals surface area (Å²) in [6.07, 6.45) is 9.20. The number of carbonyl (C=O) groups excluding carboxylic acids is 13. The molecule has 1 unspecified atom stereocenters. The van der Waals surface area contributed by atoms with E-state index >= 15 is 43.5 Å². The molecular formula is C100H154N13O14P. The maximum Gasteiger partial charge on any atom is 0.251 e. The zero-order valence-corrected chi connectivity index (χ0v) is 82.0. The van der Waals surface area contributed by atoms with E-state index in [0.717, 1.165) is 49.6 Å². The van der Waals surface area contributed by atoms with Crippen molar-refractivity contribution in [1.82, 2.24) is 66.2 Å². The van der Waals surface area contributed by atoms with Gasteiger partial charge >= 0.3 is 0 Å². The average Bonchev–Trinajstić information content (AvgIpc) is 0.765. The number of benzene rings is 4. The molecule has 13 atom stereocenters. The van der Waals surface area contributed by atoms with Crippen LogP contribution in [0.3, 0.4) is 0 Å². The predicted octanol–water partition coefficient (Wildman–Crippen LogP) is 9.21. The fraction of sp³-hybridized carbons (Fsp3) is 0.610. The fourth-order valence-corrected chi connectivity index (χ4v) is 21.3. The van der Waals surface area contributed by atoms with Crippen molar-refractivity contribution in [3.63, 3.8) is 0 Å². The third-order valence-electron chi connectivity index (χ3n) is 24.7. The Balaban J connectivity index is 1.48. The Hall–Kier alpha value is -9.88. The molecule has 1 heterocycles. The van der Waals surface area contributed by atoms with Crippen LogP contribution in [-0.2, 0) is 64.0 Å². The first kappa shape index (κ1) is 109. The van der Waals surface area contributed by atoms with E-state index in [1.54, 1.807) is 84.9 Å². The Morgan fingerprint density at radius 2 is 0.836 bits per heavy atom. The molecule has 13 amide bonds. The minimum absolute atomic E-state index is 0.0329. The lowest BCUT2D eigenvalue weighted by atomic mass is 9.91. The minimum atomic E-state index is -1.95. The van der Waals surface area contributed by atoms with Crippen LogP contribution in [0.5, 0.6) is 0 Å². The summed E-state index contributed by atoms with van der Waals surface area (Å²) in [6.45, 7) is 30.6. The lowest BCUT2D eigenvalue weighted by Crippen LogP contribution is -2.66. The lowest BCUT2D eigenvalue weighted by Gasteiger charge is -2.44. The third kappa shape index (κ3) is 30.6. The van der Waals surface area contributed by atoms with Crippen molar-refractivity contribution in [3.8, 4) is 0 Å². The lowest BCUT2D eigenvalue weighted by molar-refractivity contribution is -0.439. The van der Waals surface area contributed by atoms with Gasteiger partial charge in [0.25, 0.3) is 5.91 Å². The van der Waals surface area contributed by atoms with E-state index in [9.17, 15) is 24.0 Å². The van der Waals surface area contributed by atoms with Gasteiger partial charge in [0.1, 0.15) is 83.6 Å². The highest BCUT2D eigenvalue weighted by atomic mass is 31.2. The molecule has 6 N–H and O–H groups in total. The number of nitrogens with one attached hydrogen (secondary N) is 6. The molecule has 708 valence electrons. The van der Waals surface area contributed by atoms with E-state index in [-0.39, 0.29) is 80.4 Å². The Kier molecular flexibility index (Phi) is 44.7. The van der Waals surface area contributed by atoms with Crippen molar-refractivity contribution >= 4 is 100.0 Å². The van der Waals surface area contributed by atoms with Crippen LogP contribution in [0, 0.1) is 41.4 Å². The highest BCUT2D eigenvalue weighted by Gasteiger charge is 2.48. The highest BCUT2D eigenvalue weighted by Crippen LogP contribution is 2.56. The second-order valence-corrected chi connectivity index (χ2v) is 41.2. The van der Waals surface area contributed by atoms with E-state index < -0.39 is 163 Å². The van der Waals surface area contributed by atoms with Gasteiger partial charge in [-0.1, -0.05) is 201 Å². The van der Waals surface area contributed by atoms with Gasteiger partial charge in [-0.3, -0.25) is 62.3 Å². The van der Waals surface area contributed by atoms with Crippen LogP contribution in [-0.4, -0.2) is 252 Å². The second kappa shape index (κ2) is 52.7. The number of unbranched alkanes of at least 4 members (excludes halogenated alkanes) is 5. The van der Waals surface area contributed by atoms with Crippen LogP contribution >= 0.6 is 7.26 Å². The first-order valence-electron chi connectivity index (χ1n) is 46.4. The fourth-order valence-electron chi connectivity index (χ4n) is 16.9. The van der Waals surface area contributed by atoms with Crippen LogP contribution in [0.1, 0.15) is 224 Å². The summed E-state index contributed by atoms with van der Waals surface area (Å²) in [5.41, 5.74) is 0.808. The molecule has 1 fully saturated rings. The standard InChI is InChI=1S/C100H154N13O14P/c1-25-27-44-70(15)88(115)87-93(120)105-78(26-2)95(122)110(21)83(63-73-52-54-74(55-53-73)90(117)102-57-42-29-28-41-56-101-84(114)51-40-33-43-58-128(75-45-34-30-35-46-75,76-47-36-31-37-48-76)77-49-38-32-39-50-77)97(124)107(18)80(60-65(5)6)92(119)106-85(68(11)12)99(126)108(19)79(59-64(3)4)91(118)103-71(16)89(116)104-72(17)94(121)109(20)81(61-66(7)8)96(123)111(22)82(62-67(9)10)98(125)112(23)86(69(13)14)100(127)113(87)24/h25,27,30-32,34-39,45-50,52-55,64-72,78-83,85-88H,26,28-29,33,40-44,51,56-63H2,1-24H3,(H,101,114)(H,102,117)(H,103,118)(H,104,116)(H,105,120)(H,106,119)/b27-25+/t70-,71+,72-,78+,79+,80+,81+,82+,83?,85+,86+,87+,88-/m1/s1. The summed E-state index contributed by atoms with van der Waals surface area (Å²) < 4.78 is 0. The van der Waals surface area contributed by atoms with E-state index in [1.807, 2.05) is 55.4 Å². The molecule has 128 heavy (non-hydrogen) atoms. The normalized spacial score (nSPS) is 22.4. The van der Waals surface area contributed by atoms with Gasteiger partial charge in [0.05, 0.1) is 12.2 Å². The van der Waals surface area contributed by atoms with E-state index in [0.29, 0.717) is 37.1 Å². The number of hydrogen-bond donors (Lipinski definition) is 6. The molecule has 4 aromatic carbocycles. The number of rotatable bonds is 34. The van der Waals surface area contributed by atoms with Crippen molar-refractivity contribution in [1.29, 1.82) is 0 Å². The smallest absolute Gasteiger partial charge is 0.251 e. The first-order chi connectivity index (χ1) is 60.4. The Bertz CT molecular complexity index is 4190. The van der Waals surface area contributed by atoms with Gasteiger partial charge in [0.15, 0.2) is 0 Å². The van der Waals surface area contributed by atoms with E-state index in [4.69, 9.17) is 0 Å². The molecule has 1 aliphatic heterocycles. The molecule has 1 saturated heterocycles. The third-order valence-corrected chi connectivity index (χ3v) is 29.2. The predicted molar refractivity (Wildman–Crippen MR) is 508 cm³/mol. The molecule has 0 radical (unpaired) electrons. The molecule has 0 saturated carbocycles. The SMILES string of the molecule is C/C=C/C[C@@H](C)[C@@H]([O-])[C@H]1C(=O)N[C@@H](CC)C(=O)N(C)C(Cc2ccc(C(=O)NCCCCCCNC(=O)CCCCC[P+](c3ccccc3)(c3ccccc3)c3ccccc3)cc2)C(=O)N(C)[C@@H](CC(C)C)C(=O)N[C@@H](C(C)C)C(=O)N(C)[C@@H](CC(C)C)C(=O)N[C@@H](C)C(=O)N[C@H](C)C(=O)N(C)[C@@H](CC(C)C)C(=O)N(C)[C@@H](CC(C)C)C(=O)N(C)[C@@H](C(C)C)C(=O)N1C. The van der Waals surface area contributed by atoms with Gasteiger partial charge in [-0.05, 0) is 181 Å². The number of nitrogens with zero attached hydrogens (tertiary/aromatic N) is 7. The van der Waals surface area contributed by atoms with Gasteiger partial charge in [0.2, 0.25) is 70.9 Å². The Labute approximate surface area is 764 Å². The van der Waals surface area contributed by atoms with Gasteiger partial charge in [-0.2, -0.15) is 0 Å². The van der Waals surface area contributed by atoms with Gasteiger partial charge in [-0.15, -0.1) is 0 Å². The quantitative estimate of drug-likeness (QED) is 0.0144. The number of allylic oxidation sites excluding steroid dienone is 2. The molecule has 1 aliphatic rings. The number of amides is 13. The molecule has 0 bridgehead atoms. The zero-order valence-electron chi connectivity index (χ0n) is 81.1. The van der Waals surface area contributed by atoms with Crippen molar-refractivity contribution < 1.29 is 67.4 Å². The second-order valence-electron chi connectivity index (χ2n) is 37.6. The summed E-state index contributed by atoms with van der Waals surface area (Å²) in [7, 11) is 7.90. The zero-order chi connectivity index (χ0) is 95.7. The van der Waals surface area contributed by atoms with Crippen LogP contribution in [0.25, 0.3) is 0 Å². The Morgan fingerprint density at radius 3 is 1.30 bits per heavy atom. The Morgan fingerprint density at radius 1 is 0.422 bits per heavy atom. The van der Waals surface area contributed by atoms with Crippen LogP contribution in [0.2, 0.25) is 0 Å². The van der Waals surface area contributed by atoms with E-state index in [2.05, 4.69) is 123 Å². The molecule has 0 spiro atoms. The van der Waals surface area contributed by atoms with Gasteiger partial charge in [0, 0.05) is 80.8 Å². The number of likely N-dealkylation sites (N-methyl/N-ethyl adjacent to an activating group) is 7. The van der Waals surface area contributed by atoms with Crippen molar-refractivity contribution in [2.24, 2.45) is 41.4 Å². The number of carbonyl (C=O) groups is 13. The molecular weight excluding hydrogens is 1640 g/mol. The van der Waals surface area contributed by atoms with Crippen LogP contribution in [0.15, 0.2) is 127 Å². The summed E-state index contributed by atoms with van der Waals surface area (Å²) in [4.78, 5) is 202.